The minimum absolute atomic E-state index is 0.0200. The molecule has 164 valence electrons. The third-order valence-corrected chi connectivity index (χ3v) is 5.07. The highest BCUT2D eigenvalue weighted by atomic mass is 79.9. The topological polar surface area (TPSA) is 112 Å². The summed E-state index contributed by atoms with van der Waals surface area (Å²) in [5.41, 5.74) is -0.164. The zero-order valence-corrected chi connectivity index (χ0v) is 18.5. The first kappa shape index (κ1) is 22.5. The molecule has 0 fully saturated rings. The van der Waals surface area contributed by atoms with Crippen molar-refractivity contribution in [2.45, 2.75) is 33.4 Å². The first-order valence-corrected chi connectivity index (χ1v) is 9.79. The number of aromatic nitrogens is 5. The van der Waals surface area contributed by atoms with Crippen LogP contribution in [0.5, 0.6) is 5.75 Å². The van der Waals surface area contributed by atoms with Crippen LogP contribution in [-0.2, 0) is 9.53 Å². The van der Waals surface area contributed by atoms with E-state index in [0.717, 1.165) is 4.80 Å². The van der Waals surface area contributed by atoms with Crippen LogP contribution >= 0.6 is 15.9 Å². The van der Waals surface area contributed by atoms with Crippen LogP contribution in [0, 0.1) is 6.92 Å². The van der Waals surface area contributed by atoms with Gasteiger partial charge in [0, 0.05) is 12.5 Å². The van der Waals surface area contributed by atoms with E-state index in [4.69, 9.17) is 9.47 Å². The molecule has 2 heterocycles. The number of rotatable bonds is 7. The normalized spacial score (nSPS) is 12.1. The molecule has 0 aliphatic carbocycles. The van der Waals surface area contributed by atoms with Crippen LogP contribution < -0.4 is 4.74 Å². The van der Waals surface area contributed by atoms with Gasteiger partial charge >= 0.3 is 5.97 Å². The molecule has 0 saturated heterocycles. The van der Waals surface area contributed by atoms with Crippen molar-refractivity contribution in [3.63, 3.8) is 0 Å². The lowest BCUT2D eigenvalue weighted by atomic mass is 9.99. The van der Waals surface area contributed by atoms with Crippen molar-refractivity contribution in [3.8, 4) is 17.3 Å². The molecule has 3 aromatic rings. The van der Waals surface area contributed by atoms with Crippen molar-refractivity contribution in [2.24, 2.45) is 0 Å². The average Bonchev–Trinajstić information content (AvgIpc) is 3.31. The number of nitrogens with one attached hydrogen (secondary N) is 1. The van der Waals surface area contributed by atoms with E-state index < -0.39 is 30.1 Å². The number of benzene rings is 1. The fraction of sp³-hybridized carbons (Fsp3) is 0.316. The number of hydrogen-bond acceptors (Lipinski definition) is 7. The monoisotopic (exact) mass is 497 g/mol. The number of halogens is 3. The Bertz CT molecular complexity index is 1140. The average molecular weight is 498 g/mol. The molecule has 2 aromatic heterocycles. The Balaban J connectivity index is 2.04. The number of H-pyrrole nitrogens is 1. The molecule has 1 unspecified atom stereocenters. The Hall–Kier alpha value is -3.15. The second kappa shape index (κ2) is 8.92. The molecule has 0 aliphatic rings. The summed E-state index contributed by atoms with van der Waals surface area (Å²) in [5.74, 6) is -0.659. The molecule has 0 amide bonds. The molecule has 31 heavy (non-hydrogen) atoms. The molecule has 1 N–H and O–H groups in total. The van der Waals surface area contributed by atoms with E-state index >= 15 is 0 Å². The molecule has 1 atom stereocenters. The Morgan fingerprint density at radius 3 is 2.58 bits per heavy atom. The molecule has 9 nitrogen and oxygen atoms in total. The van der Waals surface area contributed by atoms with E-state index in [1.165, 1.54) is 40.0 Å². The van der Waals surface area contributed by atoms with Crippen LogP contribution in [0.3, 0.4) is 0 Å². The molecule has 3 rings (SSSR count). The smallest absolute Gasteiger partial charge is 0.304 e. The summed E-state index contributed by atoms with van der Waals surface area (Å²) in [6, 6.07) is 4.55. The van der Waals surface area contributed by atoms with E-state index in [1.54, 1.807) is 6.07 Å². The number of alkyl halides is 2. The van der Waals surface area contributed by atoms with E-state index in [0.29, 0.717) is 10.2 Å². The van der Waals surface area contributed by atoms with Gasteiger partial charge in [0.15, 0.2) is 5.78 Å². The number of hydrogen-bond donors (Lipinski definition) is 1. The van der Waals surface area contributed by atoms with Gasteiger partial charge in [-0.2, -0.15) is 0 Å². The van der Waals surface area contributed by atoms with Crippen molar-refractivity contribution in [3.05, 3.63) is 45.1 Å². The molecule has 0 bridgehead atoms. The number of aromatic amines is 1. The van der Waals surface area contributed by atoms with Crippen molar-refractivity contribution in [2.75, 3.05) is 7.11 Å². The van der Waals surface area contributed by atoms with Gasteiger partial charge < -0.3 is 14.5 Å². The van der Waals surface area contributed by atoms with Gasteiger partial charge in [-0.15, -0.1) is 15.0 Å². The number of esters is 1. The first-order chi connectivity index (χ1) is 14.6. The highest BCUT2D eigenvalue weighted by Gasteiger charge is 2.29. The lowest BCUT2D eigenvalue weighted by Crippen LogP contribution is -2.15. The summed E-state index contributed by atoms with van der Waals surface area (Å²) in [5, 5.41) is 11.7. The summed E-state index contributed by atoms with van der Waals surface area (Å²) in [6.45, 7) is 4.27. The molecular weight excluding hydrogens is 480 g/mol. The molecule has 0 spiro atoms. The second-order valence-electron chi connectivity index (χ2n) is 6.53. The summed E-state index contributed by atoms with van der Waals surface area (Å²) in [6.07, 6.45) is -3.79. The van der Waals surface area contributed by atoms with Crippen LogP contribution in [0.1, 0.15) is 53.7 Å². The van der Waals surface area contributed by atoms with Crippen LogP contribution in [0.4, 0.5) is 8.78 Å². The second-order valence-corrected chi connectivity index (χ2v) is 7.39. The molecular formula is C19H18BrF2N5O4. The maximum absolute atomic E-state index is 13.8. The van der Waals surface area contributed by atoms with E-state index in [2.05, 4.69) is 36.3 Å². The first-order valence-electron chi connectivity index (χ1n) is 9.00. The van der Waals surface area contributed by atoms with Crippen LogP contribution in [0.2, 0.25) is 0 Å². The summed E-state index contributed by atoms with van der Waals surface area (Å²) in [4.78, 5) is 27.8. The van der Waals surface area contributed by atoms with Gasteiger partial charge in [-0.25, -0.2) is 8.78 Å². The standard InChI is InChI=1S/C19H18BrF2N5O4/c1-8-14(17(29)11-5-6-13(30-4)12(20)7-11)16(18(21)22)23-15(8)19-24-26-27(25-19)9(2)31-10(3)28/h5-7,9,18,23H,1-4H3. The lowest BCUT2D eigenvalue weighted by Gasteiger charge is -2.08. The predicted octanol–water partition coefficient (Wildman–Crippen LogP) is 4.00. The Labute approximate surface area is 183 Å². The zero-order chi connectivity index (χ0) is 22.9. The highest BCUT2D eigenvalue weighted by molar-refractivity contribution is 9.10. The fourth-order valence-corrected chi connectivity index (χ4v) is 3.56. The van der Waals surface area contributed by atoms with Gasteiger partial charge in [0.25, 0.3) is 6.43 Å². The summed E-state index contributed by atoms with van der Waals surface area (Å²) < 4.78 is 38.1. The van der Waals surface area contributed by atoms with Crippen molar-refractivity contribution >= 4 is 27.7 Å². The maximum Gasteiger partial charge on any atom is 0.304 e. The Kier molecular flexibility index (Phi) is 6.48. The maximum atomic E-state index is 13.8. The van der Waals surface area contributed by atoms with E-state index in [9.17, 15) is 18.4 Å². The van der Waals surface area contributed by atoms with Gasteiger partial charge in [0.1, 0.15) is 5.75 Å². The Morgan fingerprint density at radius 2 is 2.00 bits per heavy atom. The number of tetrazole rings is 1. The van der Waals surface area contributed by atoms with Crippen molar-refractivity contribution in [1.82, 2.24) is 25.2 Å². The van der Waals surface area contributed by atoms with Gasteiger partial charge in [-0.3, -0.25) is 9.59 Å². The van der Waals surface area contributed by atoms with Gasteiger partial charge in [-0.1, -0.05) is 0 Å². The highest BCUT2D eigenvalue weighted by Crippen LogP contribution is 2.34. The largest absolute Gasteiger partial charge is 0.496 e. The predicted molar refractivity (Wildman–Crippen MR) is 108 cm³/mol. The number of ether oxygens (including phenoxy) is 2. The third kappa shape index (κ3) is 4.48. The van der Waals surface area contributed by atoms with Crippen molar-refractivity contribution < 1.29 is 27.8 Å². The fourth-order valence-electron chi connectivity index (χ4n) is 3.02. The third-order valence-electron chi connectivity index (χ3n) is 4.45. The number of ketones is 1. The van der Waals surface area contributed by atoms with Crippen LogP contribution in [0.25, 0.3) is 11.5 Å². The number of carbonyl (C=O) groups is 2. The van der Waals surface area contributed by atoms with Gasteiger partial charge in [0.2, 0.25) is 12.1 Å². The van der Waals surface area contributed by atoms with E-state index in [1.807, 2.05) is 0 Å². The minimum atomic E-state index is -2.94. The zero-order valence-electron chi connectivity index (χ0n) is 16.9. The molecule has 0 saturated carbocycles. The molecule has 0 aliphatic heterocycles. The molecule has 12 heteroatoms. The molecule has 0 radical (unpaired) electrons. The quantitative estimate of drug-likeness (QED) is 0.387. The van der Waals surface area contributed by atoms with E-state index in [-0.39, 0.29) is 28.2 Å². The number of nitrogens with zero attached hydrogens (tertiary/aromatic N) is 4. The Morgan fingerprint density at radius 1 is 1.29 bits per heavy atom. The summed E-state index contributed by atoms with van der Waals surface area (Å²) >= 11 is 3.29. The number of carbonyl (C=O) groups excluding carboxylic acids is 2. The van der Waals surface area contributed by atoms with Crippen LogP contribution in [-0.4, -0.2) is 44.1 Å². The summed E-state index contributed by atoms with van der Waals surface area (Å²) in [7, 11) is 1.47. The van der Waals surface area contributed by atoms with Gasteiger partial charge in [0.05, 0.1) is 28.5 Å². The molecule has 1 aromatic carbocycles. The number of methoxy groups -OCH3 is 1. The van der Waals surface area contributed by atoms with Gasteiger partial charge in [-0.05, 0) is 58.8 Å². The van der Waals surface area contributed by atoms with Crippen molar-refractivity contribution in [1.29, 1.82) is 0 Å². The SMILES string of the molecule is COc1ccc(C(=O)c2c(C(F)F)[nH]c(-c3nnn(C(C)OC(C)=O)n3)c2C)cc1Br. The van der Waals surface area contributed by atoms with Crippen LogP contribution in [0.15, 0.2) is 22.7 Å². The minimum Gasteiger partial charge on any atom is -0.496 e. The lowest BCUT2D eigenvalue weighted by molar-refractivity contribution is -0.151.